The van der Waals surface area contributed by atoms with Crippen LogP contribution in [0.15, 0.2) is 24.3 Å². The third kappa shape index (κ3) is 4.19. The monoisotopic (exact) mass is 341 g/mol. The van der Waals surface area contributed by atoms with E-state index in [9.17, 15) is 19.5 Å². The summed E-state index contributed by atoms with van der Waals surface area (Å²) in [5.41, 5.74) is 5.76. The van der Waals surface area contributed by atoms with Crippen LogP contribution in [0, 0.1) is 0 Å². The SMILES string of the molecule is NC(=O)C1NC(=O)N(CC(O)COCc2ccccc2Cl)C1=O. The van der Waals surface area contributed by atoms with Crippen LogP contribution in [-0.2, 0) is 20.9 Å². The van der Waals surface area contributed by atoms with Crippen molar-refractivity contribution in [3.05, 3.63) is 34.9 Å². The average Bonchev–Trinajstić information content (AvgIpc) is 2.77. The number of rotatable bonds is 7. The zero-order valence-electron chi connectivity index (χ0n) is 12.1. The normalized spacial score (nSPS) is 18.9. The topological polar surface area (TPSA) is 122 Å². The van der Waals surface area contributed by atoms with Crippen LogP contribution in [0.3, 0.4) is 0 Å². The van der Waals surface area contributed by atoms with Gasteiger partial charge in [-0.25, -0.2) is 4.79 Å². The summed E-state index contributed by atoms with van der Waals surface area (Å²) in [5.74, 6) is -1.73. The molecule has 0 radical (unpaired) electrons. The number of primary amides is 1. The Morgan fingerprint density at radius 3 is 2.74 bits per heavy atom. The van der Waals surface area contributed by atoms with Crippen molar-refractivity contribution < 1.29 is 24.2 Å². The van der Waals surface area contributed by atoms with Crippen molar-refractivity contribution >= 4 is 29.4 Å². The summed E-state index contributed by atoms with van der Waals surface area (Å²) in [7, 11) is 0. The summed E-state index contributed by atoms with van der Waals surface area (Å²) < 4.78 is 5.32. The molecule has 23 heavy (non-hydrogen) atoms. The van der Waals surface area contributed by atoms with Crippen LogP contribution >= 0.6 is 11.6 Å². The van der Waals surface area contributed by atoms with Gasteiger partial charge in [0.25, 0.3) is 5.91 Å². The molecule has 1 aromatic carbocycles. The first-order valence-corrected chi connectivity index (χ1v) is 7.18. The summed E-state index contributed by atoms with van der Waals surface area (Å²) >= 11 is 5.97. The van der Waals surface area contributed by atoms with E-state index >= 15 is 0 Å². The highest BCUT2D eigenvalue weighted by atomic mass is 35.5. The molecule has 2 atom stereocenters. The van der Waals surface area contributed by atoms with E-state index in [0.29, 0.717) is 5.02 Å². The molecule has 0 spiro atoms. The molecule has 1 fully saturated rings. The minimum absolute atomic E-state index is 0.108. The molecule has 124 valence electrons. The van der Waals surface area contributed by atoms with Gasteiger partial charge in [0.15, 0.2) is 6.04 Å². The first kappa shape index (κ1) is 17.2. The summed E-state index contributed by atoms with van der Waals surface area (Å²) in [6.07, 6.45) is -1.10. The second-order valence-electron chi connectivity index (χ2n) is 4.99. The third-order valence-electron chi connectivity index (χ3n) is 3.23. The average molecular weight is 342 g/mol. The van der Waals surface area contributed by atoms with Crippen LogP contribution in [0.2, 0.25) is 5.02 Å². The Labute approximate surface area is 137 Å². The second kappa shape index (κ2) is 7.40. The van der Waals surface area contributed by atoms with E-state index < -0.39 is 30.0 Å². The molecule has 2 unspecified atom stereocenters. The lowest BCUT2D eigenvalue weighted by atomic mass is 10.2. The minimum atomic E-state index is -1.39. The maximum absolute atomic E-state index is 11.8. The number of nitrogens with two attached hydrogens (primary N) is 1. The number of urea groups is 1. The molecule has 1 aliphatic heterocycles. The van der Waals surface area contributed by atoms with Crippen LogP contribution in [0.25, 0.3) is 0 Å². The van der Waals surface area contributed by atoms with Gasteiger partial charge in [-0.3, -0.25) is 14.5 Å². The number of benzene rings is 1. The van der Waals surface area contributed by atoms with Crippen LogP contribution in [-0.4, -0.2) is 53.1 Å². The molecule has 1 heterocycles. The second-order valence-corrected chi connectivity index (χ2v) is 5.40. The Morgan fingerprint density at radius 2 is 2.13 bits per heavy atom. The number of carbonyl (C=O) groups excluding carboxylic acids is 3. The van der Waals surface area contributed by atoms with Gasteiger partial charge in [0, 0.05) is 5.02 Å². The Balaban J connectivity index is 1.82. The fraction of sp³-hybridized carbons (Fsp3) is 0.357. The molecule has 1 saturated heterocycles. The highest BCUT2D eigenvalue weighted by Crippen LogP contribution is 2.16. The van der Waals surface area contributed by atoms with Crippen LogP contribution < -0.4 is 11.1 Å². The maximum atomic E-state index is 11.8. The number of ether oxygens (including phenoxy) is 1. The highest BCUT2D eigenvalue weighted by molar-refractivity contribution is 6.31. The number of amides is 4. The number of imide groups is 1. The predicted molar refractivity (Wildman–Crippen MR) is 80.3 cm³/mol. The summed E-state index contributed by atoms with van der Waals surface area (Å²) in [6.45, 7) is -0.221. The van der Waals surface area contributed by atoms with E-state index in [1.54, 1.807) is 24.3 Å². The van der Waals surface area contributed by atoms with E-state index in [0.717, 1.165) is 10.5 Å². The number of carbonyl (C=O) groups is 3. The number of nitrogens with zero attached hydrogens (tertiary/aromatic N) is 1. The van der Waals surface area contributed by atoms with Gasteiger partial charge in [0.05, 0.1) is 25.9 Å². The molecule has 2 rings (SSSR count). The van der Waals surface area contributed by atoms with Gasteiger partial charge in [-0.2, -0.15) is 0 Å². The Bertz CT molecular complexity index is 624. The molecule has 4 N–H and O–H groups in total. The first-order chi connectivity index (χ1) is 10.9. The van der Waals surface area contributed by atoms with Crippen molar-refractivity contribution in [3.8, 4) is 0 Å². The molecular weight excluding hydrogens is 326 g/mol. The molecule has 1 aliphatic rings. The van der Waals surface area contributed by atoms with Crippen molar-refractivity contribution in [2.24, 2.45) is 5.73 Å². The van der Waals surface area contributed by atoms with Crippen LogP contribution in [0.1, 0.15) is 5.56 Å². The van der Waals surface area contributed by atoms with Gasteiger partial charge in [0.1, 0.15) is 0 Å². The molecule has 0 aliphatic carbocycles. The number of aliphatic hydroxyl groups is 1. The fourth-order valence-corrected chi connectivity index (χ4v) is 2.26. The van der Waals surface area contributed by atoms with E-state index in [-0.39, 0.29) is 19.8 Å². The molecule has 0 aromatic heterocycles. The molecule has 1 aromatic rings. The summed E-state index contributed by atoms with van der Waals surface area (Å²) in [6, 6.07) is 4.92. The number of aliphatic hydroxyl groups excluding tert-OH is 1. The van der Waals surface area contributed by atoms with Gasteiger partial charge >= 0.3 is 6.03 Å². The molecule has 8 nitrogen and oxygen atoms in total. The number of halogens is 1. The number of hydrogen-bond donors (Lipinski definition) is 3. The molecule has 9 heteroatoms. The molecular formula is C14H16ClN3O5. The van der Waals surface area contributed by atoms with E-state index in [1.807, 2.05) is 0 Å². The molecule has 0 saturated carbocycles. The number of hydrogen-bond acceptors (Lipinski definition) is 5. The lowest BCUT2D eigenvalue weighted by Gasteiger charge is -2.17. The van der Waals surface area contributed by atoms with Crippen molar-refractivity contribution in [2.75, 3.05) is 13.2 Å². The molecule has 4 amide bonds. The Kier molecular flexibility index (Phi) is 5.54. The zero-order valence-corrected chi connectivity index (χ0v) is 12.8. The van der Waals surface area contributed by atoms with Gasteiger partial charge in [-0.05, 0) is 11.6 Å². The lowest BCUT2D eigenvalue weighted by Crippen LogP contribution is -2.43. The summed E-state index contributed by atoms with van der Waals surface area (Å²) in [4.78, 5) is 35.1. The number of β-amino-alcohol motifs (C(OH)–C–C–N with tert-alkyl or cyclic N) is 1. The Hall–Kier alpha value is -2.16. The lowest BCUT2D eigenvalue weighted by molar-refractivity contribution is -0.133. The van der Waals surface area contributed by atoms with Crippen LogP contribution in [0.4, 0.5) is 4.79 Å². The third-order valence-corrected chi connectivity index (χ3v) is 3.60. The van der Waals surface area contributed by atoms with Crippen molar-refractivity contribution in [1.82, 2.24) is 10.2 Å². The van der Waals surface area contributed by atoms with Gasteiger partial charge in [-0.15, -0.1) is 0 Å². The van der Waals surface area contributed by atoms with Crippen molar-refractivity contribution in [1.29, 1.82) is 0 Å². The van der Waals surface area contributed by atoms with E-state index in [4.69, 9.17) is 22.1 Å². The maximum Gasteiger partial charge on any atom is 0.325 e. The minimum Gasteiger partial charge on any atom is -0.389 e. The van der Waals surface area contributed by atoms with E-state index in [2.05, 4.69) is 5.32 Å². The zero-order chi connectivity index (χ0) is 17.0. The smallest absolute Gasteiger partial charge is 0.325 e. The fourth-order valence-electron chi connectivity index (χ4n) is 2.07. The standard InChI is InChI=1S/C14H16ClN3O5/c15-10-4-2-1-3-8(10)6-23-7-9(19)5-18-13(21)11(12(16)20)17-14(18)22/h1-4,9,11,19H,5-7H2,(H2,16,20)(H,17,22). The van der Waals surface area contributed by atoms with Gasteiger partial charge in [-0.1, -0.05) is 29.8 Å². The quantitative estimate of drug-likeness (QED) is 0.461. The van der Waals surface area contributed by atoms with Gasteiger partial charge < -0.3 is 20.9 Å². The number of nitrogens with one attached hydrogen (secondary N) is 1. The summed E-state index contributed by atoms with van der Waals surface area (Å²) in [5, 5.41) is 12.6. The van der Waals surface area contributed by atoms with E-state index in [1.165, 1.54) is 0 Å². The largest absolute Gasteiger partial charge is 0.389 e. The predicted octanol–water partition coefficient (Wildman–Crippen LogP) is -0.377. The van der Waals surface area contributed by atoms with Crippen molar-refractivity contribution in [2.45, 2.75) is 18.8 Å². The molecule has 0 bridgehead atoms. The highest BCUT2D eigenvalue weighted by Gasteiger charge is 2.41. The van der Waals surface area contributed by atoms with Crippen molar-refractivity contribution in [3.63, 3.8) is 0 Å². The van der Waals surface area contributed by atoms with Crippen LogP contribution in [0.5, 0.6) is 0 Å². The first-order valence-electron chi connectivity index (χ1n) is 6.80. The Morgan fingerprint density at radius 1 is 1.43 bits per heavy atom. The van der Waals surface area contributed by atoms with Gasteiger partial charge in [0.2, 0.25) is 5.91 Å².